The summed E-state index contributed by atoms with van der Waals surface area (Å²) < 4.78 is 0. The summed E-state index contributed by atoms with van der Waals surface area (Å²) in [5.74, 6) is 0. The highest BCUT2D eigenvalue weighted by atomic mass is 14.9. The van der Waals surface area contributed by atoms with Crippen LogP contribution in [-0.4, -0.2) is 12.6 Å². The van der Waals surface area contributed by atoms with E-state index in [0.717, 1.165) is 19.4 Å². The lowest BCUT2D eigenvalue weighted by Gasteiger charge is -2.07. The molecule has 0 fully saturated rings. The first-order valence-electron chi connectivity index (χ1n) is 6.54. The lowest BCUT2D eigenvalue weighted by Crippen LogP contribution is -2.23. The monoisotopic (exact) mass is 231 g/mol. The zero-order valence-corrected chi connectivity index (χ0v) is 11.6. The summed E-state index contributed by atoms with van der Waals surface area (Å²) in [6.07, 6.45) is 6.74. The molecule has 17 heavy (non-hydrogen) atoms. The smallest absolute Gasteiger partial charge is 0.00105 e. The van der Waals surface area contributed by atoms with Crippen LogP contribution in [0.25, 0.3) is 0 Å². The van der Waals surface area contributed by atoms with Crippen molar-refractivity contribution in [1.82, 2.24) is 5.32 Å². The van der Waals surface area contributed by atoms with Gasteiger partial charge < -0.3 is 5.32 Å². The molecule has 0 spiro atoms. The van der Waals surface area contributed by atoms with Crippen molar-refractivity contribution in [3.63, 3.8) is 0 Å². The van der Waals surface area contributed by atoms with Gasteiger partial charge in [-0.15, -0.1) is 0 Å². The Hall–Kier alpha value is -1.08. The van der Waals surface area contributed by atoms with Gasteiger partial charge in [0.2, 0.25) is 0 Å². The van der Waals surface area contributed by atoms with E-state index in [0.29, 0.717) is 6.04 Å². The Morgan fingerprint density at radius 2 is 1.76 bits per heavy atom. The average Bonchev–Trinajstić information content (AvgIpc) is 2.26. The van der Waals surface area contributed by atoms with Crippen molar-refractivity contribution in [3.8, 4) is 0 Å². The van der Waals surface area contributed by atoms with Crippen LogP contribution in [0, 0.1) is 13.8 Å². The fraction of sp³-hybridized carbons (Fsp3) is 0.500. The van der Waals surface area contributed by atoms with Gasteiger partial charge in [-0.3, -0.25) is 0 Å². The molecule has 94 valence electrons. The normalized spacial score (nSPS) is 11.6. The van der Waals surface area contributed by atoms with E-state index in [1.165, 1.54) is 16.7 Å². The molecular formula is C16H25N. The second-order valence-electron chi connectivity index (χ2n) is 4.94. The Morgan fingerprint density at radius 1 is 1.12 bits per heavy atom. The number of aryl methyl sites for hydroxylation is 2. The van der Waals surface area contributed by atoms with Crippen molar-refractivity contribution < 1.29 is 0 Å². The van der Waals surface area contributed by atoms with E-state index in [1.54, 1.807) is 0 Å². The largest absolute Gasteiger partial charge is 0.314 e. The summed E-state index contributed by atoms with van der Waals surface area (Å²) in [5.41, 5.74) is 4.27. The summed E-state index contributed by atoms with van der Waals surface area (Å²) >= 11 is 0. The van der Waals surface area contributed by atoms with Crippen LogP contribution in [0.5, 0.6) is 0 Å². The maximum atomic E-state index is 3.42. The number of hydrogen-bond acceptors (Lipinski definition) is 1. The topological polar surface area (TPSA) is 12.0 Å². The van der Waals surface area contributed by atoms with Gasteiger partial charge in [0.15, 0.2) is 0 Å². The van der Waals surface area contributed by atoms with Crippen LogP contribution in [0.3, 0.4) is 0 Å². The average molecular weight is 231 g/mol. The molecule has 1 rings (SSSR count). The van der Waals surface area contributed by atoms with Gasteiger partial charge in [-0.1, -0.05) is 44.2 Å². The van der Waals surface area contributed by atoms with Crippen molar-refractivity contribution in [2.24, 2.45) is 0 Å². The maximum absolute atomic E-state index is 3.42. The molecule has 0 aliphatic carbocycles. The molecular weight excluding hydrogens is 206 g/mol. The highest BCUT2D eigenvalue weighted by molar-refractivity contribution is 5.34. The molecule has 1 aromatic rings. The first-order chi connectivity index (χ1) is 8.11. The third-order valence-electron chi connectivity index (χ3n) is 3.00. The molecule has 0 aliphatic heterocycles. The minimum atomic E-state index is 0.585. The predicted octanol–water partition coefficient (Wildman–Crippen LogP) is 3.79. The number of allylic oxidation sites excluding steroid dienone is 1. The van der Waals surface area contributed by atoms with Crippen LogP contribution in [0.15, 0.2) is 30.4 Å². The predicted molar refractivity (Wildman–Crippen MR) is 76.5 cm³/mol. The van der Waals surface area contributed by atoms with Crippen LogP contribution < -0.4 is 5.32 Å². The maximum Gasteiger partial charge on any atom is 0.00105 e. The summed E-state index contributed by atoms with van der Waals surface area (Å²) in [6.45, 7) is 9.81. The van der Waals surface area contributed by atoms with E-state index >= 15 is 0 Å². The van der Waals surface area contributed by atoms with Crippen LogP contribution in [-0.2, 0) is 6.42 Å². The van der Waals surface area contributed by atoms with E-state index in [4.69, 9.17) is 0 Å². The van der Waals surface area contributed by atoms with Crippen molar-refractivity contribution in [1.29, 1.82) is 0 Å². The van der Waals surface area contributed by atoms with Gasteiger partial charge in [0, 0.05) is 6.04 Å². The quantitative estimate of drug-likeness (QED) is 0.580. The summed E-state index contributed by atoms with van der Waals surface area (Å²) in [6, 6.07) is 7.10. The second-order valence-corrected chi connectivity index (χ2v) is 4.94. The number of rotatable bonds is 6. The van der Waals surface area contributed by atoms with Gasteiger partial charge in [0.05, 0.1) is 0 Å². The first kappa shape index (κ1) is 14.0. The molecule has 0 saturated heterocycles. The molecule has 0 bridgehead atoms. The van der Waals surface area contributed by atoms with Gasteiger partial charge in [0.25, 0.3) is 0 Å². The molecule has 1 N–H and O–H groups in total. The summed E-state index contributed by atoms with van der Waals surface area (Å²) in [7, 11) is 0. The zero-order chi connectivity index (χ0) is 12.7. The van der Waals surface area contributed by atoms with Crippen molar-refractivity contribution >= 4 is 0 Å². The van der Waals surface area contributed by atoms with Crippen LogP contribution in [0.4, 0.5) is 0 Å². The van der Waals surface area contributed by atoms with Gasteiger partial charge in [0.1, 0.15) is 0 Å². The third-order valence-corrected chi connectivity index (χ3v) is 3.00. The van der Waals surface area contributed by atoms with E-state index in [-0.39, 0.29) is 0 Å². The summed E-state index contributed by atoms with van der Waals surface area (Å²) in [4.78, 5) is 0. The van der Waals surface area contributed by atoms with E-state index < -0.39 is 0 Å². The standard InChI is InChI=1S/C16H25N/c1-13(2)17-12-7-5-6-11-16-14(3)9-8-10-15(16)4/h5-6,8-10,13,17H,7,11-12H2,1-4H3/b6-5+. The van der Waals surface area contributed by atoms with Gasteiger partial charge in [-0.05, 0) is 49.9 Å². The molecule has 0 aliphatic rings. The third kappa shape index (κ3) is 5.18. The highest BCUT2D eigenvalue weighted by Crippen LogP contribution is 2.14. The molecule has 1 heteroatoms. The summed E-state index contributed by atoms with van der Waals surface area (Å²) in [5, 5.41) is 3.42. The molecule has 0 unspecified atom stereocenters. The van der Waals surface area contributed by atoms with Gasteiger partial charge in [-0.2, -0.15) is 0 Å². The first-order valence-corrected chi connectivity index (χ1v) is 6.54. The Kier molecular flexibility index (Phi) is 5.99. The van der Waals surface area contributed by atoms with Crippen LogP contribution in [0.2, 0.25) is 0 Å². The van der Waals surface area contributed by atoms with Crippen LogP contribution >= 0.6 is 0 Å². The van der Waals surface area contributed by atoms with Crippen molar-refractivity contribution in [3.05, 3.63) is 47.0 Å². The van der Waals surface area contributed by atoms with E-state index in [1.807, 2.05) is 0 Å². The molecule has 0 heterocycles. The van der Waals surface area contributed by atoms with Crippen molar-refractivity contribution in [2.75, 3.05) is 6.54 Å². The number of hydrogen-bond donors (Lipinski definition) is 1. The Bertz CT molecular complexity index is 344. The molecule has 0 amide bonds. The van der Waals surface area contributed by atoms with Crippen molar-refractivity contribution in [2.45, 2.75) is 46.6 Å². The Balaban J connectivity index is 2.37. The molecule has 1 aromatic carbocycles. The molecule has 1 nitrogen and oxygen atoms in total. The molecule has 0 atom stereocenters. The fourth-order valence-corrected chi connectivity index (χ4v) is 1.95. The molecule has 0 radical (unpaired) electrons. The van der Waals surface area contributed by atoms with Crippen LogP contribution in [0.1, 0.15) is 37.0 Å². The Morgan fingerprint density at radius 3 is 2.35 bits per heavy atom. The van der Waals surface area contributed by atoms with E-state index in [2.05, 4.69) is 63.4 Å². The Labute approximate surface area is 106 Å². The fourth-order valence-electron chi connectivity index (χ4n) is 1.95. The van der Waals surface area contributed by atoms with E-state index in [9.17, 15) is 0 Å². The highest BCUT2D eigenvalue weighted by Gasteiger charge is 1.98. The SMILES string of the molecule is Cc1cccc(C)c1C/C=C/CCNC(C)C. The molecule has 0 aromatic heterocycles. The minimum absolute atomic E-state index is 0.585. The number of nitrogens with one attached hydrogen (secondary N) is 1. The molecule has 0 saturated carbocycles. The minimum Gasteiger partial charge on any atom is -0.314 e. The number of benzene rings is 1. The second kappa shape index (κ2) is 7.29. The van der Waals surface area contributed by atoms with Gasteiger partial charge in [-0.25, -0.2) is 0 Å². The lowest BCUT2D eigenvalue weighted by molar-refractivity contribution is 0.594. The lowest BCUT2D eigenvalue weighted by atomic mass is 10.00. The van der Waals surface area contributed by atoms with Gasteiger partial charge >= 0.3 is 0 Å². The zero-order valence-electron chi connectivity index (χ0n) is 11.6.